The number of aromatic nitrogens is 4. The average molecular weight is 517 g/mol. The molecule has 1 fully saturated rings. The number of rotatable bonds is 8. The highest BCUT2D eigenvalue weighted by Crippen LogP contribution is 2.31. The Kier molecular flexibility index (Phi) is 7.80. The van der Waals surface area contributed by atoms with E-state index in [-0.39, 0.29) is 23.9 Å². The molecule has 0 saturated heterocycles. The smallest absolute Gasteiger partial charge is 0.468 e. The highest BCUT2D eigenvalue weighted by atomic mass is 19.4. The van der Waals surface area contributed by atoms with Crippen LogP contribution >= 0.6 is 0 Å². The number of amides is 1. The maximum Gasteiger partial charge on any atom is 0.573 e. The van der Waals surface area contributed by atoms with Gasteiger partial charge < -0.3 is 19.9 Å². The van der Waals surface area contributed by atoms with Gasteiger partial charge in [-0.3, -0.25) is 4.79 Å². The van der Waals surface area contributed by atoms with Crippen LogP contribution in [0.2, 0.25) is 0 Å². The molecule has 0 unspecified atom stereocenters. The molecule has 0 bridgehead atoms. The van der Waals surface area contributed by atoms with Crippen molar-refractivity contribution in [1.29, 1.82) is 0 Å². The van der Waals surface area contributed by atoms with Gasteiger partial charge in [0.15, 0.2) is 11.5 Å². The van der Waals surface area contributed by atoms with Gasteiger partial charge in [0.05, 0.1) is 12.1 Å². The van der Waals surface area contributed by atoms with Gasteiger partial charge in [0.2, 0.25) is 11.8 Å². The molecule has 13 heteroatoms. The molecule has 2 aromatic heterocycles. The molecule has 2 heterocycles. The molecule has 3 aromatic rings. The largest absolute Gasteiger partial charge is 0.573 e. The number of esters is 1. The van der Waals surface area contributed by atoms with Gasteiger partial charge in [-0.05, 0) is 49.6 Å². The van der Waals surface area contributed by atoms with E-state index < -0.39 is 36.0 Å². The average Bonchev–Trinajstić information content (AvgIpc) is 2.88. The van der Waals surface area contributed by atoms with Crippen molar-refractivity contribution in [2.75, 3.05) is 0 Å². The Labute approximate surface area is 209 Å². The number of alkyl halides is 3. The lowest BCUT2D eigenvalue weighted by atomic mass is 9.86. The molecule has 37 heavy (non-hydrogen) atoms. The van der Waals surface area contributed by atoms with Crippen LogP contribution in [0.3, 0.4) is 0 Å². The minimum atomic E-state index is -4.85. The second-order valence-corrected chi connectivity index (χ2v) is 8.17. The number of hydrogen-bond donors (Lipinski definition) is 1. The number of carbonyl (C=O) groups is 2. The summed E-state index contributed by atoms with van der Waals surface area (Å²) in [6.45, 7) is -0.0794. The second-order valence-electron chi connectivity index (χ2n) is 8.17. The molecule has 2 N–H and O–H groups in total. The van der Waals surface area contributed by atoms with E-state index in [1.54, 1.807) is 6.07 Å². The van der Waals surface area contributed by atoms with Crippen molar-refractivity contribution in [3.8, 4) is 22.9 Å². The van der Waals surface area contributed by atoms with Crippen LogP contribution in [0.25, 0.3) is 11.3 Å². The van der Waals surface area contributed by atoms with Crippen LogP contribution in [-0.2, 0) is 16.1 Å². The van der Waals surface area contributed by atoms with Crippen LogP contribution in [0, 0.1) is 5.92 Å². The van der Waals surface area contributed by atoms with Crippen molar-refractivity contribution in [2.24, 2.45) is 11.7 Å². The molecule has 0 spiro atoms. The molecular formula is C24H22F3N5O5. The molecule has 1 aliphatic carbocycles. The van der Waals surface area contributed by atoms with Gasteiger partial charge >= 0.3 is 12.3 Å². The first-order chi connectivity index (χ1) is 17.7. The quantitative estimate of drug-likeness (QED) is 0.444. The number of benzene rings is 1. The molecule has 0 aliphatic heterocycles. The Morgan fingerprint density at radius 2 is 1.73 bits per heavy atom. The highest BCUT2D eigenvalue weighted by molar-refractivity contribution is 5.88. The fraction of sp³-hybridized carbons (Fsp3) is 0.333. The number of halogens is 3. The number of primary amides is 1. The zero-order valence-electron chi connectivity index (χ0n) is 19.4. The maximum absolute atomic E-state index is 12.9. The fourth-order valence-corrected chi connectivity index (χ4v) is 3.88. The Morgan fingerprint density at radius 3 is 2.41 bits per heavy atom. The summed E-state index contributed by atoms with van der Waals surface area (Å²) < 4.78 is 52.8. The van der Waals surface area contributed by atoms with Crippen LogP contribution in [0.1, 0.15) is 42.0 Å². The third-order valence-corrected chi connectivity index (χ3v) is 5.59. The van der Waals surface area contributed by atoms with Crippen LogP contribution in [0.15, 0.2) is 48.9 Å². The van der Waals surface area contributed by atoms with E-state index in [2.05, 4.69) is 24.7 Å². The topological polar surface area (TPSA) is 139 Å². The molecule has 2 atom stereocenters. The van der Waals surface area contributed by atoms with Crippen LogP contribution in [0.4, 0.5) is 13.2 Å². The summed E-state index contributed by atoms with van der Waals surface area (Å²) in [4.78, 5) is 41.2. The monoisotopic (exact) mass is 517 g/mol. The van der Waals surface area contributed by atoms with Gasteiger partial charge in [0, 0.05) is 18.0 Å². The summed E-state index contributed by atoms with van der Waals surface area (Å²) in [7, 11) is 0. The van der Waals surface area contributed by atoms with Crippen molar-refractivity contribution in [2.45, 2.75) is 44.8 Å². The Hall–Kier alpha value is -4.29. The van der Waals surface area contributed by atoms with E-state index >= 15 is 0 Å². The highest BCUT2D eigenvalue weighted by Gasteiger charge is 2.33. The van der Waals surface area contributed by atoms with E-state index in [0.29, 0.717) is 24.2 Å². The Bertz CT molecular complexity index is 1240. The van der Waals surface area contributed by atoms with Gasteiger partial charge in [-0.25, -0.2) is 24.7 Å². The van der Waals surface area contributed by atoms with E-state index in [9.17, 15) is 22.8 Å². The van der Waals surface area contributed by atoms with Crippen molar-refractivity contribution in [3.05, 3.63) is 60.4 Å². The third kappa shape index (κ3) is 6.90. The molecule has 1 aliphatic rings. The molecule has 1 amide bonds. The number of nitrogens with zero attached hydrogens (tertiary/aromatic N) is 4. The Balaban J connectivity index is 1.61. The standard InChI is InChI=1S/C24H22F3N5O5/c25-24(26,27)37-15-8-6-14(7-9-15)20-22(35-13-19-29-10-3-11-30-19)31-12-17(32-20)23(34)36-18-5-2-1-4-16(18)21(28)33/h3,6-12,16,18H,1-2,4-5,13H2,(H2,28,33)/t16-,18-/m1/s1. The summed E-state index contributed by atoms with van der Waals surface area (Å²) in [5.74, 6) is -2.06. The first-order valence-electron chi connectivity index (χ1n) is 11.3. The SMILES string of the molecule is NC(=O)[C@@H]1CCCC[C@H]1OC(=O)c1cnc(OCc2ncccn2)c(-c2ccc(OC(F)(F)F)cc2)n1. The normalized spacial score (nSPS) is 17.6. The van der Waals surface area contributed by atoms with Crippen molar-refractivity contribution in [3.63, 3.8) is 0 Å². The summed E-state index contributed by atoms with van der Waals surface area (Å²) in [5, 5.41) is 0. The van der Waals surface area contributed by atoms with E-state index in [4.69, 9.17) is 15.2 Å². The predicted octanol–water partition coefficient (Wildman–Crippen LogP) is 3.61. The predicted molar refractivity (Wildman–Crippen MR) is 121 cm³/mol. The van der Waals surface area contributed by atoms with Gasteiger partial charge in [0.25, 0.3) is 0 Å². The molecule has 1 saturated carbocycles. The minimum absolute atomic E-state index is 0.0128. The van der Waals surface area contributed by atoms with Gasteiger partial charge in [-0.2, -0.15) is 0 Å². The molecular weight excluding hydrogens is 495 g/mol. The number of nitrogens with two attached hydrogens (primary N) is 1. The zero-order chi connectivity index (χ0) is 26.4. The molecule has 4 rings (SSSR count). The van der Waals surface area contributed by atoms with Crippen molar-refractivity contribution >= 4 is 11.9 Å². The fourth-order valence-electron chi connectivity index (χ4n) is 3.88. The molecule has 0 radical (unpaired) electrons. The van der Waals surface area contributed by atoms with Crippen molar-refractivity contribution in [1.82, 2.24) is 19.9 Å². The van der Waals surface area contributed by atoms with Crippen LogP contribution in [0.5, 0.6) is 11.6 Å². The van der Waals surface area contributed by atoms with Crippen LogP contribution < -0.4 is 15.2 Å². The number of ether oxygens (including phenoxy) is 3. The first kappa shape index (κ1) is 25.8. The lowest BCUT2D eigenvalue weighted by molar-refractivity contribution is -0.274. The lowest BCUT2D eigenvalue weighted by Gasteiger charge is -2.28. The van der Waals surface area contributed by atoms with E-state index in [1.807, 2.05) is 0 Å². The van der Waals surface area contributed by atoms with E-state index in [0.717, 1.165) is 31.2 Å². The van der Waals surface area contributed by atoms with Crippen molar-refractivity contribution < 1.29 is 37.0 Å². The minimum Gasteiger partial charge on any atom is -0.468 e. The molecule has 10 nitrogen and oxygen atoms in total. The van der Waals surface area contributed by atoms with Gasteiger partial charge in [-0.15, -0.1) is 13.2 Å². The zero-order valence-corrected chi connectivity index (χ0v) is 19.4. The second kappa shape index (κ2) is 11.2. The number of carbonyl (C=O) groups excluding carboxylic acids is 2. The Morgan fingerprint density at radius 1 is 1.03 bits per heavy atom. The van der Waals surface area contributed by atoms with Crippen LogP contribution in [-0.4, -0.2) is 44.3 Å². The van der Waals surface area contributed by atoms with Gasteiger partial charge in [0.1, 0.15) is 24.2 Å². The van der Waals surface area contributed by atoms with E-state index in [1.165, 1.54) is 24.5 Å². The lowest BCUT2D eigenvalue weighted by Crippen LogP contribution is -2.38. The summed E-state index contributed by atoms with van der Waals surface area (Å²) in [5.41, 5.74) is 5.65. The summed E-state index contributed by atoms with van der Waals surface area (Å²) in [6, 6.07) is 6.46. The summed E-state index contributed by atoms with van der Waals surface area (Å²) >= 11 is 0. The molecule has 194 valence electrons. The summed E-state index contributed by atoms with van der Waals surface area (Å²) in [6.07, 6.45) is 1.25. The third-order valence-electron chi connectivity index (χ3n) is 5.59. The van der Waals surface area contributed by atoms with Gasteiger partial charge in [-0.1, -0.05) is 6.42 Å². The number of hydrogen-bond acceptors (Lipinski definition) is 9. The first-order valence-corrected chi connectivity index (χ1v) is 11.3. The molecule has 1 aromatic carbocycles. The maximum atomic E-state index is 12.9.